The van der Waals surface area contributed by atoms with Gasteiger partial charge in [0.25, 0.3) is 0 Å². The van der Waals surface area contributed by atoms with Crippen molar-refractivity contribution >= 4 is 46.8 Å². The lowest BCUT2D eigenvalue weighted by molar-refractivity contribution is -0.137. The average molecular weight is 448 g/mol. The molecular weight excluding hydrogens is 438 g/mol. The van der Waals surface area contributed by atoms with Crippen molar-refractivity contribution in [2.24, 2.45) is 5.10 Å². The quantitative estimate of drug-likeness (QED) is 0.410. The molecule has 0 aliphatic heterocycles. The molecule has 0 atom stereocenters. The molecule has 1 aromatic carbocycles. The standard InChI is InChI=1S/C16H10Cl2F3N5OS/c17-12-5-10(16(19,20)21)7-22-15(12)25-23-6-9-1-3-11(4-2-9)27-8-13-14(18)28-26-24-13/h1-7H,8H2,(H,22,25)/b23-6-. The van der Waals surface area contributed by atoms with Crippen molar-refractivity contribution < 1.29 is 17.9 Å². The molecule has 2 heterocycles. The van der Waals surface area contributed by atoms with Crippen molar-refractivity contribution in [3.8, 4) is 5.75 Å². The second kappa shape index (κ2) is 8.72. The van der Waals surface area contributed by atoms with Crippen LogP contribution in [0.5, 0.6) is 5.75 Å². The summed E-state index contributed by atoms with van der Waals surface area (Å²) in [6.07, 6.45) is -2.37. The first kappa shape index (κ1) is 20.3. The lowest BCUT2D eigenvalue weighted by Gasteiger charge is -2.08. The zero-order valence-corrected chi connectivity index (χ0v) is 16.1. The van der Waals surface area contributed by atoms with E-state index in [1.807, 2.05) is 0 Å². The summed E-state index contributed by atoms with van der Waals surface area (Å²) < 4.78 is 47.5. The summed E-state index contributed by atoms with van der Waals surface area (Å²) in [7, 11) is 0. The van der Waals surface area contributed by atoms with E-state index in [4.69, 9.17) is 27.9 Å². The molecule has 0 unspecified atom stereocenters. The van der Waals surface area contributed by atoms with Crippen molar-refractivity contribution in [3.63, 3.8) is 0 Å². The van der Waals surface area contributed by atoms with E-state index in [0.717, 1.165) is 23.2 Å². The number of hydrogen-bond donors (Lipinski definition) is 1. The van der Waals surface area contributed by atoms with Crippen LogP contribution >= 0.6 is 34.7 Å². The number of rotatable bonds is 6. The Labute approximate surface area is 171 Å². The van der Waals surface area contributed by atoms with E-state index in [9.17, 15) is 13.2 Å². The number of benzene rings is 1. The fourth-order valence-corrected chi connectivity index (χ4v) is 2.74. The normalized spacial score (nSPS) is 11.8. The Balaban J connectivity index is 1.57. The van der Waals surface area contributed by atoms with Crippen molar-refractivity contribution in [1.82, 2.24) is 14.6 Å². The van der Waals surface area contributed by atoms with Gasteiger partial charge in [0.1, 0.15) is 22.4 Å². The lowest BCUT2D eigenvalue weighted by atomic mass is 10.2. The van der Waals surface area contributed by atoms with E-state index in [2.05, 4.69) is 25.1 Å². The fourth-order valence-electron chi connectivity index (χ4n) is 1.93. The molecular formula is C16H10Cl2F3N5OS. The molecule has 1 N–H and O–H groups in total. The highest BCUT2D eigenvalue weighted by Crippen LogP contribution is 2.32. The van der Waals surface area contributed by atoms with E-state index in [-0.39, 0.29) is 17.4 Å². The van der Waals surface area contributed by atoms with Crippen molar-refractivity contribution in [1.29, 1.82) is 0 Å². The summed E-state index contributed by atoms with van der Waals surface area (Å²) in [5, 5.41) is 7.57. The summed E-state index contributed by atoms with van der Waals surface area (Å²) in [6, 6.07) is 7.70. The largest absolute Gasteiger partial charge is 0.487 e. The lowest BCUT2D eigenvalue weighted by Crippen LogP contribution is -2.06. The maximum Gasteiger partial charge on any atom is 0.417 e. The molecule has 0 bridgehead atoms. The molecule has 0 fully saturated rings. The monoisotopic (exact) mass is 447 g/mol. The maximum atomic E-state index is 12.6. The van der Waals surface area contributed by atoms with Crippen molar-refractivity contribution in [2.75, 3.05) is 5.43 Å². The Hall–Kier alpha value is -2.43. The Morgan fingerprint density at radius 3 is 2.57 bits per heavy atom. The maximum absolute atomic E-state index is 12.6. The number of aromatic nitrogens is 3. The van der Waals surface area contributed by atoms with Gasteiger partial charge >= 0.3 is 6.18 Å². The first-order chi connectivity index (χ1) is 13.3. The number of nitrogens with one attached hydrogen (secondary N) is 1. The first-order valence-corrected chi connectivity index (χ1v) is 9.07. The van der Waals surface area contributed by atoms with Gasteiger partial charge in [-0.2, -0.15) is 18.3 Å². The molecule has 146 valence electrons. The minimum atomic E-state index is -4.51. The van der Waals surface area contributed by atoms with Crippen molar-refractivity contribution in [2.45, 2.75) is 12.8 Å². The van der Waals surface area contributed by atoms with Gasteiger partial charge in [-0.15, -0.1) is 5.10 Å². The molecule has 3 aromatic rings. The Kier molecular flexibility index (Phi) is 6.32. The van der Waals surface area contributed by atoms with Gasteiger partial charge in [-0.3, -0.25) is 5.43 Å². The fraction of sp³-hybridized carbons (Fsp3) is 0.125. The van der Waals surface area contributed by atoms with Crippen LogP contribution in [0.3, 0.4) is 0 Å². The van der Waals surface area contributed by atoms with E-state index >= 15 is 0 Å². The number of hydrogen-bond acceptors (Lipinski definition) is 7. The molecule has 0 amide bonds. The molecule has 0 aliphatic rings. The summed E-state index contributed by atoms with van der Waals surface area (Å²) in [4.78, 5) is 3.63. The molecule has 12 heteroatoms. The number of nitrogens with zero attached hydrogens (tertiary/aromatic N) is 4. The second-order valence-electron chi connectivity index (χ2n) is 5.27. The summed E-state index contributed by atoms with van der Waals surface area (Å²) in [5.74, 6) is 0.612. The molecule has 6 nitrogen and oxygen atoms in total. The number of ether oxygens (including phenoxy) is 1. The third-order valence-corrected chi connectivity index (χ3v) is 4.59. The number of halogens is 5. The molecule has 0 radical (unpaired) electrons. The third kappa shape index (κ3) is 5.31. The Morgan fingerprint density at radius 1 is 1.21 bits per heavy atom. The predicted octanol–water partition coefficient (Wildman–Crippen LogP) is 5.28. The smallest absolute Gasteiger partial charge is 0.417 e. The summed E-state index contributed by atoms with van der Waals surface area (Å²) in [6.45, 7) is 0.197. The van der Waals surface area contributed by atoms with E-state index in [1.165, 1.54) is 6.21 Å². The number of pyridine rings is 1. The van der Waals surface area contributed by atoms with Crippen molar-refractivity contribution in [3.05, 3.63) is 62.7 Å². The third-order valence-electron chi connectivity index (χ3n) is 3.32. The second-order valence-corrected chi connectivity index (χ2v) is 7.04. The van der Waals surface area contributed by atoms with Gasteiger partial charge in [-0.25, -0.2) is 4.98 Å². The minimum absolute atomic E-state index is 0.0135. The van der Waals surface area contributed by atoms with Crippen LogP contribution in [0, 0.1) is 0 Å². The molecule has 3 rings (SSSR count). The predicted molar refractivity (Wildman–Crippen MR) is 101 cm³/mol. The first-order valence-electron chi connectivity index (χ1n) is 7.54. The van der Waals surface area contributed by atoms with Crippen LogP contribution in [-0.2, 0) is 12.8 Å². The average Bonchev–Trinajstić information content (AvgIpc) is 3.06. The highest BCUT2D eigenvalue weighted by atomic mass is 35.5. The van der Waals surface area contributed by atoms with Gasteiger partial charge < -0.3 is 4.74 Å². The topological polar surface area (TPSA) is 72.3 Å². The van der Waals surface area contributed by atoms with Crippen LogP contribution in [0.15, 0.2) is 41.6 Å². The zero-order valence-electron chi connectivity index (χ0n) is 13.7. The minimum Gasteiger partial charge on any atom is -0.487 e. The molecule has 0 spiro atoms. The van der Waals surface area contributed by atoms with Gasteiger partial charge in [0, 0.05) is 17.7 Å². The molecule has 2 aromatic heterocycles. The van der Waals surface area contributed by atoms with Gasteiger partial charge in [-0.1, -0.05) is 27.7 Å². The molecule has 0 saturated heterocycles. The van der Waals surface area contributed by atoms with Gasteiger partial charge in [0.15, 0.2) is 5.82 Å². The molecule has 0 saturated carbocycles. The van der Waals surface area contributed by atoms with Gasteiger partial charge in [0.05, 0.1) is 16.8 Å². The van der Waals surface area contributed by atoms with E-state index in [0.29, 0.717) is 22.0 Å². The highest BCUT2D eigenvalue weighted by Gasteiger charge is 2.31. The number of hydrazone groups is 1. The van der Waals surface area contributed by atoms with Crippen LogP contribution in [0.2, 0.25) is 9.36 Å². The van der Waals surface area contributed by atoms with Gasteiger partial charge in [0.2, 0.25) is 0 Å². The SMILES string of the molecule is FC(F)(F)c1cnc(N/N=C\c2ccc(OCc3nnsc3Cl)cc2)c(Cl)c1. The number of alkyl halides is 3. The zero-order chi connectivity index (χ0) is 20.1. The van der Waals surface area contributed by atoms with E-state index in [1.54, 1.807) is 24.3 Å². The Morgan fingerprint density at radius 2 is 1.96 bits per heavy atom. The van der Waals surface area contributed by atoms with Crippen LogP contribution in [0.25, 0.3) is 0 Å². The highest BCUT2D eigenvalue weighted by molar-refractivity contribution is 7.10. The molecule has 0 aliphatic carbocycles. The molecule has 28 heavy (non-hydrogen) atoms. The number of anilines is 1. The summed E-state index contributed by atoms with van der Waals surface area (Å²) in [5.41, 5.74) is 2.85. The van der Waals surface area contributed by atoms with Crippen LogP contribution in [0.1, 0.15) is 16.8 Å². The van der Waals surface area contributed by atoms with Crippen LogP contribution in [0.4, 0.5) is 19.0 Å². The van der Waals surface area contributed by atoms with Gasteiger partial charge in [-0.05, 0) is 35.9 Å². The van der Waals surface area contributed by atoms with Crippen LogP contribution < -0.4 is 10.2 Å². The summed E-state index contributed by atoms with van der Waals surface area (Å²) >= 11 is 12.8. The van der Waals surface area contributed by atoms with Crippen LogP contribution in [-0.4, -0.2) is 20.8 Å². The Bertz CT molecular complexity index is 979. The van der Waals surface area contributed by atoms with E-state index < -0.39 is 11.7 Å².